The van der Waals surface area contributed by atoms with Gasteiger partial charge in [-0.05, 0) is 49.2 Å². The highest BCUT2D eigenvalue weighted by Gasteiger charge is 2.08. The third kappa shape index (κ3) is 4.52. The second-order valence-electron chi connectivity index (χ2n) is 5.80. The summed E-state index contributed by atoms with van der Waals surface area (Å²) in [7, 11) is 0. The summed E-state index contributed by atoms with van der Waals surface area (Å²) in [5, 5.41) is 15.2. The van der Waals surface area contributed by atoms with Crippen molar-refractivity contribution >= 4 is 17.5 Å². The van der Waals surface area contributed by atoms with E-state index in [9.17, 15) is 4.39 Å². The predicted molar refractivity (Wildman–Crippen MR) is 99.9 cm³/mol. The standard InChI is InChI=1S/C19H20FN5O/c1-13-10-15(5-6-16(13)20)23-18-11-17(14-4-2-7-21-12-14)24-19(25-18)22-8-3-9-26/h2,4-7,10-12,26H,3,8-9H2,1H3,(H2,22,23,24,25). The van der Waals surface area contributed by atoms with Crippen LogP contribution in [0.5, 0.6) is 0 Å². The van der Waals surface area contributed by atoms with Crippen LogP contribution >= 0.6 is 0 Å². The van der Waals surface area contributed by atoms with E-state index in [1.54, 1.807) is 31.5 Å². The lowest BCUT2D eigenvalue weighted by atomic mass is 10.2. The molecule has 0 bridgehead atoms. The van der Waals surface area contributed by atoms with Crippen molar-refractivity contribution in [3.63, 3.8) is 0 Å². The van der Waals surface area contributed by atoms with Gasteiger partial charge >= 0.3 is 0 Å². The van der Waals surface area contributed by atoms with Crippen LogP contribution in [0.15, 0.2) is 48.8 Å². The van der Waals surface area contributed by atoms with E-state index < -0.39 is 0 Å². The summed E-state index contributed by atoms with van der Waals surface area (Å²) in [5.41, 5.74) is 2.86. The Labute approximate surface area is 151 Å². The van der Waals surface area contributed by atoms with Crippen molar-refractivity contribution in [3.8, 4) is 11.3 Å². The maximum atomic E-state index is 13.5. The SMILES string of the molecule is Cc1cc(Nc2cc(-c3cccnc3)nc(NCCCO)n2)ccc1F. The van der Waals surface area contributed by atoms with Gasteiger partial charge in [0.25, 0.3) is 0 Å². The van der Waals surface area contributed by atoms with Crippen molar-refractivity contribution < 1.29 is 9.50 Å². The molecule has 7 heteroatoms. The summed E-state index contributed by atoms with van der Waals surface area (Å²) < 4.78 is 13.5. The van der Waals surface area contributed by atoms with E-state index in [0.29, 0.717) is 36.0 Å². The average Bonchev–Trinajstić information content (AvgIpc) is 2.66. The lowest BCUT2D eigenvalue weighted by Crippen LogP contribution is -2.08. The topological polar surface area (TPSA) is 83.0 Å². The minimum atomic E-state index is -0.249. The van der Waals surface area contributed by atoms with E-state index in [1.165, 1.54) is 6.07 Å². The number of hydrogen-bond donors (Lipinski definition) is 3. The zero-order chi connectivity index (χ0) is 18.4. The fraction of sp³-hybridized carbons (Fsp3) is 0.211. The summed E-state index contributed by atoms with van der Waals surface area (Å²) in [4.78, 5) is 13.1. The summed E-state index contributed by atoms with van der Waals surface area (Å²) >= 11 is 0. The highest BCUT2D eigenvalue weighted by molar-refractivity contribution is 5.67. The molecule has 0 saturated heterocycles. The molecule has 0 fully saturated rings. The molecule has 2 aromatic heterocycles. The summed E-state index contributed by atoms with van der Waals surface area (Å²) in [6.07, 6.45) is 4.03. The number of rotatable bonds is 7. The molecular weight excluding hydrogens is 333 g/mol. The number of hydrogen-bond acceptors (Lipinski definition) is 6. The van der Waals surface area contributed by atoms with Crippen molar-refractivity contribution in [2.75, 3.05) is 23.8 Å². The molecule has 3 aromatic rings. The number of pyridine rings is 1. The molecule has 1 aromatic carbocycles. The van der Waals surface area contributed by atoms with Gasteiger partial charge in [-0.25, -0.2) is 9.37 Å². The van der Waals surface area contributed by atoms with E-state index in [0.717, 1.165) is 11.3 Å². The summed E-state index contributed by atoms with van der Waals surface area (Å²) in [6.45, 7) is 2.36. The molecule has 0 unspecified atom stereocenters. The van der Waals surface area contributed by atoms with E-state index in [2.05, 4.69) is 25.6 Å². The van der Waals surface area contributed by atoms with Crippen LogP contribution < -0.4 is 10.6 Å². The minimum absolute atomic E-state index is 0.0925. The van der Waals surface area contributed by atoms with E-state index >= 15 is 0 Å². The van der Waals surface area contributed by atoms with Crippen molar-refractivity contribution in [1.29, 1.82) is 0 Å². The van der Waals surface area contributed by atoms with Gasteiger partial charge in [-0.15, -0.1) is 0 Å². The van der Waals surface area contributed by atoms with Crippen molar-refractivity contribution in [3.05, 3.63) is 60.2 Å². The molecule has 26 heavy (non-hydrogen) atoms. The van der Waals surface area contributed by atoms with Crippen LogP contribution in [0.25, 0.3) is 11.3 Å². The van der Waals surface area contributed by atoms with Gasteiger partial charge in [0.15, 0.2) is 0 Å². The largest absolute Gasteiger partial charge is 0.396 e. The molecular formula is C19H20FN5O. The Balaban J connectivity index is 1.91. The van der Waals surface area contributed by atoms with Crippen LogP contribution in [0, 0.1) is 12.7 Å². The second-order valence-corrected chi connectivity index (χ2v) is 5.80. The normalized spacial score (nSPS) is 10.6. The number of benzene rings is 1. The molecule has 0 saturated carbocycles. The van der Waals surface area contributed by atoms with Gasteiger partial charge in [-0.2, -0.15) is 4.98 Å². The van der Waals surface area contributed by atoms with Crippen LogP contribution in [0.1, 0.15) is 12.0 Å². The zero-order valence-corrected chi connectivity index (χ0v) is 14.4. The first kappa shape index (κ1) is 17.8. The van der Waals surface area contributed by atoms with Gasteiger partial charge < -0.3 is 15.7 Å². The van der Waals surface area contributed by atoms with E-state index in [4.69, 9.17) is 5.11 Å². The Morgan fingerprint density at radius 2 is 2.04 bits per heavy atom. The minimum Gasteiger partial charge on any atom is -0.396 e. The van der Waals surface area contributed by atoms with Gasteiger partial charge in [-0.1, -0.05) is 0 Å². The number of anilines is 3. The first-order chi connectivity index (χ1) is 12.7. The van der Waals surface area contributed by atoms with E-state index in [-0.39, 0.29) is 12.4 Å². The van der Waals surface area contributed by atoms with Gasteiger partial charge in [0.2, 0.25) is 5.95 Å². The number of aliphatic hydroxyl groups is 1. The van der Waals surface area contributed by atoms with Crippen molar-refractivity contribution in [2.45, 2.75) is 13.3 Å². The highest BCUT2D eigenvalue weighted by atomic mass is 19.1. The third-order valence-corrected chi connectivity index (χ3v) is 3.73. The number of aliphatic hydroxyl groups excluding tert-OH is 1. The summed E-state index contributed by atoms with van der Waals surface area (Å²) in [6, 6.07) is 10.4. The Bertz CT molecular complexity index is 873. The maximum Gasteiger partial charge on any atom is 0.225 e. The molecule has 0 aliphatic rings. The van der Waals surface area contributed by atoms with Gasteiger partial charge in [0.1, 0.15) is 11.6 Å². The van der Waals surface area contributed by atoms with E-state index in [1.807, 2.05) is 18.2 Å². The number of nitrogens with zero attached hydrogens (tertiary/aromatic N) is 3. The van der Waals surface area contributed by atoms with Gasteiger partial charge in [-0.3, -0.25) is 4.98 Å². The molecule has 3 rings (SSSR count). The van der Waals surface area contributed by atoms with Crippen LogP contribution in [-0.2, 0) is 0 Å². The smallest absolute Gasteiger partial charge is 0.225 e. The first-order valence-corrected chi connectivity index (χ1v) is 8.33. The Kier molecular flexibility index (Phi) is 5.70. The lowest BCUT2D eigenvalue weighted by molar-refractivity contribution is 0.292. The molecule has 6 nitrogen and oxygen atoms in total. The fourth-order valence-corrected chi connectivity index (χ4v) is 2.40. The molecule has 0 amide bonds. The number of aryl methyl sites for hydroxylation is 1. The molecule has 3 N–H and O–H groups in total. The van der Waals surface area contributed by atoms with Crippen LogP contribution in [0.2, 0.25) is 0 Å². The molecule has 0 aliphatic heterocycles. The second kappa shape index (κ2) is 8.35. The Morgan fingerprint density at radius 3 is 2.77 bits per heavy atom. The quantitative estimate of drug-likeness (QED) is 0.564. The number of halogens is 1. The van der Waals surface area contributed by atoms with Gasteiger partial charge in [0, 0.05) is 42.9 Å². The monoisotopic (exact) mass is 353 g/mol. The fourth-order valence-electron chi connectivity index (χ4n) is 2.40. The Hall–Kier alpha value is -3.06. The first-order valence-electron chi connectivity index (χ1n) is 8.33. The molecule has 134 valence electrons. The lowest BCUT2D eigenvalue weighted by Gasteiger charge is -2.12. The third-order valence-electron chi connectivity index (χ3n) is 3.73. The molecule has 0 atom stereocenters. The van der Waals surface area contributed by atoms with Crippen LogP contribution in [0.4, 0.5) is 21.8 Å². The summed E-state index contributed by atoms with van der Waals surface area (Å²) in [5.74, 6) is 0.776. The van der Waals surface area contributed by atoms with Crippen LogP contribution in [0.3, 0.4) is 0 Å². The highest BCUT2D eigenvalue weighted by Crippen LogP contribution is 2.24. The maximum absolute atomic E-state index is 13.5. The molecule has 0 spiro atoms. The number of aromatic nitrogens is 3. The van der Waals surface area contributed by atoms with Crippen molar-refractivity contribution in [1.82, 2.24) is 15.0 Å². The zero-order valence-electron chi connectivity index (χ0n) is 14.4. The molecule has 2 heterocycles. The average molecular weight is 353 g/mol. The number of nitrogens with one attached hydrogen (secondary N) is 2. The predicted octanol–water partition coefficient (Wildman–Crippen LogP) is 3.52. The Morgan fingerprint density at radius 1 is 1.15 bits per heavy atom. The van der Waals surface area contributed by atoms with Crippen LogP contribution in [-0.4, -0.2) is 33.2 Å². The van der Waals surface area contributed by atoms with Gasteiger partial charge in [0.05, 0.1) is 5.69 Å². The molecule has 0 radical (unpaired) electrons. The molecule has 0 aliphatic carbocycles. The van der Waals surface area contributed by atoms with Crippen molar-refractivity contribution in [2.24, 2.45) is 0 Å².